The third-order valence-electron chi connectivity index (χ3n) is 3.46. The molecule has 4 N–H and O–H groups in total. The van der Waals surface area contributed by atoms with Gasteiger partial charge >= 0.3 is 12.2 Å². The maximum Gasteiger partial charge on any atom is 0.408 e. The number of aliphatic hydroxyl groups is 2. The lowest BCUT2D eigenvalue weighted by atomic mass is 10.7. The zero-order valence-electron chi connectivity index (χ0n) is 22.4. The van der Waals surface area contributed by atoms with Crippen molar-refractivity contribution in [2.24, 2.45) is 9.98 Å². The molecule has 0 aliphatic heterocycles. The van der Waals surface area contributed by atoms with Crippen molar-refractivity contribution in [3.05, 3.63) is 0 Å². The highest BCUT2D eigenvalue weighted by Crippen LogP contribution is 2.11. The van der Waals surface area contributed by atoms with Gasteiger partial charge in [-0.25, -0.2) is 9.59 Å². The molecule has 0 aliphatic carbocycles. The summed E-state index contributed by atoms with van der Waals surface area (Å²) in [6, 6.07) is 0. The number of ether oxygens (including phenoxy) is 2. The number of aliphatic imine (C=N–C) groups is 2. The summed E-state index contributed by atoms with van der Waals surface area (Å²) in [6.07, 6.45) is 1.51. The van der Waals surface area contributed by atoms with Crippen LogP contribution in [0.3, 0.4) is 0 Å². The molecule has 0 bridgehead atoms. The Morgan fingerprint density at radius 3 is 1.59 bits per heavy atom. The molecule has 0 saturated carbocycles. The summed E-state index contributed by atoms with van der Waals surface area (Å²) in [7, 11) is 0. The molecular formula is C20H38N4O10S7. The molecule has 0 radical (unpaired) electrons. The summed E-state index contributed by atoms with van der Waals surface area (Å²) in [5, 5.41) is 23.9. The van der Waals surface area contributed by atoms with Crippen LogP contribution in [0.1, 0.15) is 0 Å². The van der Waals surface area contributed by atoms with E-state index in [4.69, 9.17) is 39.2 Å². The van der Waals surface area contributed by atoms with Crippen molar-refractivity contribution in [2.75, 3.05) is 95.0 Å². The Morgan fingerprint density at radius 2 is 1.07 bits per heavy atom. The van der Waals surface area contributed by atoms with Gasteiger partial charge in [-0.15, -0.1) is 47.0 Å². The average Bonchev–Trinajstić information content (AvgIpc) is 2.97. The second-order valence-electron chi connectivity index (χ2n) is 6.38. The van der Waals surface area contributed by atoms with Crippen molar-refractivity contribution in [3.8, 4) is 0 Å². The van der Waals surface area contributed by atoms with Crippen LogP contribution in [-0.4, -0.2) is 130 Å². The normalized spacial score (nSPS) is 11.2. The van der Waals surface area contributed by atoms with Crippen LogP contribution in [0, 0.1) is 0 Å². The molecule has 0 aromatic heterocycles. The van der Waals surface area contributed by atoms with Gasteiger partial charge in [-0.2, -0.15) is 33.3 Å². The highest BCUT2D eigenvalue weighted by atomic mass is 32.2. The lowest BCUT2D eigenvalue weighted by Gasteiger charge is -2.06. The van der Waals surface area contributed by atoms with Crippen LogP contribution in [-0.2, 0) is 29.0 Å². The van der Waals surface area contributed by atoms with Crippen LogP contribution in [0.15, 0.2) is 9.98 Å². The van der Waals surface area contributed by atoms with Gasteiger partial charge in [-0.3, -0.25) is 9.98 Å². The van der Waals surface area contributed by atoms with Gasteiger partial charge in [0.05, 0.1) is 25.0 Å². The quantitative estimate of drug-likeness (QED) is 0.0212. The molecule has 21 heteroatoms. The third-order valence-corrected chi connectivity index (χ3v) is 9.51. The number of rotatable bonds is 30. The Hall–Kier alpha value is -0.230. The number of amides is 2. The lowest BCUT2D eigenvalue weighted by molar-refractivity contribution is -0.196. The maximum atomic E-state index is 11.6. The van der Waals surface area contributed by atoms with E-state index < -0.39 is 12.2 Å². The number of hydrogen-bond acceptors (Lipinski definition) is 19. The molecule has 0 aliphatic rings. The number of alkyl carbamates (subject to hydrolysis) is 2. The van der Waals surface area contributed by atoms with Crippen molar-refractivity contribution >= 4 is 107 Å². The lowest BCUT2D eigenvalue weighted by Crippen LogP contribution is -2.26. The summed E-state index contributed by atoms with van der Waals surface area (Å²) in [6.45, 7) is 2.08. The highest BCUT2D eigenvalue weighted by molar-refractivity contribution is 8.16. The molecule has 0 atom stereocenters. The number of aliphatic hydroxyl groups excluding tert-OH is 2. The van der Waals surface area contributed by atoms with Crippen molar-refractivity contribution in [1.82, 2.24) is 10.6 Å². The minimum absolute atomic E-state index is 0.0543. The van der Waals surface area contributed by atoms with Crippen molar-refractivity contribution in [2.45, 2.75) is 0 Å². The largest absolute Gasteiger partial charge is 0.438 e. The number of carbonyl (C=O) groups excluding carboxylic acids is 2. The summed E-state index contributed by atoms with van der Waals surface area (Å²) in [5.74, 6) is 4.03. The van der Waals surface area contributed by atoms with E-state index >= 15 is 0 Å². The summed E-state index contributed by atoms with van der Waals surface area (Å²) in [4.78, 5) is 50.5. The number of carbonyl (C=O) groups is 2. The highest BCUT2D eigenvalue weighted by Gasteiger charge is 2.02. The molecule has 0 fully saturated rings. The molecule has 0 aromatic carbocycles. The minimum atomic E-state index is -0.503. The van der Waals surface area contributed by atoms with Gasteiger partial charge < -0.3 is 40.1 Å². The number of nitrogens with one attached hydrogen (secondary N) is 2. The van der Waals surface area contributed by atoms with Gasteiger partial charge in [0.1, 0.15) is 23.8 Å². The van der Waals surface area contributed by atoms with Crippen LogP contribution in [0.5, 0.6) is 0 Å². The zero-order chi connectivity index (χ0) is 29.9. The first-order valence-electron chi connectivity index (χ1n) is 11.8. The van der Waals surface area contributed by atoms with E-state index in [9.17, 15) is 9.59 Å². The molecule has 0 spiro atoms. The van der Waals surface area contributed by atoms with Gasteiger partial charge in [0.25, 0.3) is 0 Å². The third kappa shape index (κ3) is 35.9. The van der Waals surface area contributed by atoms with E-state index in [1.54, 1.807) is 23.5 Å². The summed E-state index contributed by atoms with van der Waals surface area (Å²) in [5.41, 5.74) is 0. The molecule has 2 amide bonds. The Morgan fingerprint density at radius 1 is 0.610 bits per heavy atom. The van der Waals surface area contributed by atoms with Crippen LogP contribution >= 0.6 is 82.3 Å². The first kappa shape index (κ1) is 40.8. The zero-order valence-corrected chi connectivity index (χ0v) is 28.1. The maximum absolute atomic E-state index is 11.6. The minimum Gasteiger partial charge on any atom is -0.438 e. The smallest absolute Gasteiger partial charge is 0.408 e. The first-order chi connectivity index (χ1) is 20.2. The van der Waals surface area contributed by atoms with E-state index in [2.05, 4.69) is 20.6 Å². The standard InChI is InChI=1S/C20H38N4O10S7/c25-11-37-17-40-14-30-20(28)24-4-8-36-5-1-21-9-31-33-15-39-13-29-19(27)23-3-7-35-6-2-22-10-32-34-16-41-18-38-12-26/h9-10,25-26H,1-8,11-18H2,(H,23,27)(H,24,28)/b21-9+,22-10-. The van der Waals surface area contributed by atoms with E-state index in [-0.39, 0.29) is 29.7 Å². The molecule has 41 heavy (non-hydrogen) atoms. The molecule has 0 rings (SSSR count). The molecule has 240 valence electrons. The molecule has 0 aromatic rings. The average molecular weight is 719 g/mol. The van der Waals surface area contributed by atoms with Gasteiger partial charge in [0, 0.05) is 46.3 Å². The Kier molecular flexibility index (Phi) is 35.8. The van der Waals surface area contributed by atoms with Gasteiger partial charge in [-0.05, 0) is 0 Å². The SMILES string of the molecule is O=C(NCCSCC/N=C\OOCSCSCO)OCSCOO/C=N/CCSCCNC(=O)OCSCSCO. The topological polar surface area (TPSA) is 179 Å². The fraction of sp³-hybridized carbons (Fsp3) is 0.800. The molecule has 14 nitrogen and oxygen atoms in total. The predicted molar refractivity (Wildman–Crippen MR) is 176 cm³/mol. The van der Waals surface area contributed by atoms with E-state index in [1.165, 1.54) is 71.6 Å². The van der Waals surface area contributed by atoms with Crippen LogP contribution in [0.2, 0.25) is 0 Å². The molecular weight excluding hydrogens is 681 g/mol. The van der Waals surface area contributed by atoms with Crippen molar-refractivity contribution in [1.29, 1.82) is 0 Å². The summed E-state index contributed by atoms with van der Waals surface area (Å²) >= 11 is 10.1. The van der Waals surface area contributed by atoms with Crippen molar-refractivity contribution < 1.29 is 48.8 Å². The van der Waals surface area contributed by atoms with E-state index in [0.717, 1.165) is 28.1 Å². The Bertz CT molecular complexity index is 664. The fourth-order valence-corrected chi connectivity index (χ4v) is 5.98. The second kappa shape index (κ2) is 36.0. The van der Waals surface area contributed by atoms with E-state index in [1.807, 2.05) is 0 Å². The van der Waals surface area contributed by atoms with Crippen LogP contribution in [0.4, 0.5) is 9.59 Å². The van der Waals surface area contributed by atoms with Crippen LogP contribution in [0.25, 0.3) is 0 Å². The number of nitrogens with zero attached hydrogens (tertiary/aromatic N) is 2. The Labute approximate surface area is 270 Å². The first-order valence-corrected chi connectivity index (χ1v) is 19.9. The fourth-order valence-electron chi connectivity index (χ4n) is 1.83. The monoisotopic (exact) mass is 718 g/mol. The Balaban J connectivity index is 3.30. The van der Waals surface area contributed by atoms with Crippen molar-refractivity contribution in [3.63, 3.8) is 0 Å². The van der Waals surface area contributed by atoms with E-state index in [0.29, 0.717) is 37.2 Å². The molecule has 0 saturated heterocycles. The van der Waals surface area contributed by atoms with Gasteiger partial charge in [0.15, 0.2) is 0 Å². The number of thioether (sulfide) groups is 7. The van der Waals surface area contributed by atoms with Crippen LogP contribution < -0.4 is 10.6 Å². The predicted octanol–water partition coefficient (Wildman–Crippen LogP) is 3.17. The van der Waals surface area contributed by atoms with Gasteiger partial charge in [0.2, 0.25) is 12.8 Å². The summed E-state index contributed by atoms with van der Waals surface area (Å²) < 4.78 is 9.98. The van der Waals surface area contributed by atoms with Gasteiger partial charge in [-0.1, -0.05) is 11.8 Å². The molecule has 0 heterocycles. The number of hydrogen-bond donors (Lipinski definition) is 4. The second-order valence-corrected chi connectivity index (χ2v) is 14.2. The molecule has 0 unspecified atom stereocenters.